The number of rotatable bonds is 3. The number of benzene rings is 1. The van der Waals surface area contributed by atoms with Gasteiger partial charge in [-0.2, -0.15) is 0 Å². The number of nitrogens with zero attached hydrogens (tertiary/aromatic N) is 1. The van der Waals surface area contributed by atoms with Crippen LogP contribution in [0, 0.1) is 5.92 Å². The second-order valence-electron chi connectivity index (χ2n) is 8.56. The lowest BCUT2D eigenvalue weighted by Crippen LogP contribution is -2.74. The summed E-state index contributed by atoms with van der Waals surface area (Å²) in [6.45, 7) is 6.53. The number of hydrogen-bond acceptors (Lipinski definition) is 4. The van der Waals surface area contributed by atoms with Gasteiger partial charge in [-0.05, 0) is 43.4 Å². The van der Waals surface area contributed by atoms with E-state index in [9.17, 15) is 9.90 Å². The van der Waals surface area contributed by atoms with Gasteiger partial charge < -0.3 is 9.84 Å². The molecule has 0 aromatic heterocycles. The Balaban J connectivity index is 1.92. The number of Topliss-reactive ketones (excluding diaryl/α,β-unsaturated/α-hetero) is 1. The van der Waals surface area contributed by atoms with Crippen LogP contribution in [0.5, 0.6) is 5.75 Å². The molecule has 2 fully saturated rings. The maximum atomic E-state index is 12.5. The molecular formula is C21H29NO3. The molecule has 25 heavy (non-hydrogen) atoms. The number of ether oxygens (including phenoxy) is 1. The monoisotopic (exact) mass is 343 g/mol. The highest BCUT2D eigenvalue weighted by Gasteiger charge is 2.66. The van der Waals surface area contributed by atoms with Crippen LogP contribution in [0.3, 0.4) is 0 Å². The van der Waals surface area contributed by atoms with E-state index in [0.29, 0.717) is 30.3 Å². The first-order chi connectivity index (χ1) is 11.9. The lowest BCUT2D eigenvalue weighted by atomic mass is 9.49. The molecule has 0 unspecified atom stereocenters. The van der Waals surface area contributed by atoms with Gasteiger partial charge >= 0.3 is 0 Å². The number of phenols is 1. The minimum absolute atomic E-state index is 0.274. The van der Waals surface area contributed by atoms with Crippen LogP contribution in [0.15, 0.2) is 18.2 Å². The molecule has 1 saturated heterocycles. The minimum atomic E-state index is -0.381. The molecule has 3 aliphatic rings. The van der Waals surface area contributed by atoms with Crippen LogP contribution in [0.1, 0.15) is 50.7 Å². The Morgan fingerprint density at radius 1 is 1.36 bits per heavy atom. The van der Waals surface area contributed by atoms with Crippen LogP contribution < -0.4 is 0 Å². The summed E-state index contributed by atoms with van der Waals surface area (Å²) in [5, 5.41) is 10.7. The molecule has 3 atom stereocenters. The summed E-state index contributed by atoms with van der Waals surface area (Å²) in [5.41, 5.74) is 1.43. The molecule has 0 amide bonds. The number of piperidine rings is 1. The fraction of sp³-hybridized carbons (Fsp3) is 0.667. The van der Waals surface area contributed by atoms with Crippen LogP contribution in [0.2, 0.25) is 0 Å². The Hall–Kier alpha value is -1.39. The average molecular weight is 343 g/mol. The predicted octanol–water partition coefficient (Wildman–Crippen LogP) is 3.05. The van der Waals surface area contributed by atoms with E-state index in [2.05, 4.69) is 24.8 Å². The van der Waals surface area contributed by atoms with Crippen molar-refractivity contribution in [2.24, 2.45) is 5.92 Å². The van der Waals surface area contributed by atoms with Crippen molar-refractivity contribution in [3.05, 3.63) is 29.3 Å². The van der Waals surface area contributed by atoms with Crippen LogP contribution in [-0.2, 0) is 21.4 Å². The minimum Gasteiger partial charge on any atom is -0.508 e. The van der Waals surface area contributed by atoms with E-state index in [-0.39, 0.29) is 17.1 Å². The SMILES string of the molecule is CO[C@@]12CCC(=O)C[C@@]13CCN(CC(C)C)[C@@H]2Cc1cccc(O)c13. The predicted molar refractivity (Wildman–Crippen MR) is 96.9 cm³/mol. The van der Waals surface area contributed by atoms with Crippen molar-refractivity contribution in [2.45, 2.75) is 63.0 Å². The molecule has 1 aromatic rings. The maximum absolute atomic E-state index is 12.5. The number of aromatic hydroxyl groups is 1. The molecule has 1 N–H and O–H groups in total. The summed E-state index contributed by atoms with van der Waals surface area (Å²) in [7, 11) is 1.81. The highest BCUT2D eigenvalue weighted by Crippen LogP contribution is 2.60. The molecule has 2 aliphatic carbocycles. The Kier molecular flexibility index (Phi) is 3.97. The smallest absolute Gasteiger partial charge is 0.134 e. The first-order valence-corrected chi connectivity index (χ1v) is 9.56. The molecule has 4 rings (SSSR count). The van der Waals surface area contributed by atoms with Gasteiger partial charge in [0.25, 0.3) is 0 Å². The number of methoxy groups -OCH3 is 1. The normalized spacial score (nSPS) is 34.7. The zero-order valence-electron chi connectivity index (χ0n) is 15.5. The van der Waals surface area contributed by atoms with Gasteiger partial charge in [-0.1, -0.05) is 26.0 Å². The standard InChI is InChI=1S/C21H29NO3/c1-14(2)13-22-10-9-20-12-16(23)7-8-21(20,25-3)18(22)11-15-5-4-6-17(24)19(15)20/h4-6,14,18,24H,7-13H2,1-3H3/t18-,20-,21-/m1/s1. The van der Waals surface area contributed by atoms with Crippen molar-refractivity contribution in [1.29, 1.82) is 0 Å². The van der Waals surface area contributed by atoms with Crippen LogP contribution >= 0.6 is 0 Å². The molecule has 4 heteroatoms. The number of hydrogen-bond donors (Lipinski definition) is 1. The first-order valence-electron chi connectivity index (χ1n) is 9.56. The highest BCUT2D eigenvalue weighted by atomic mass is 16.5. The van der Waals surface area contributed by atoms with E-state index in [1.165, 1.54) is 5.56 Å². The van der Waals surface area contributed by atoms with E-state index in [0.717, 1.165) is 37.9 Å². The number of likely N-dealkylation sites (tertiary alicyclic amines) is 1. The summed E-state index contributed by atoms with van der Waals surface area (Å²) in [6.07, 6.45) is 3.61. The third-order valence-electron chi connectivity index (χ3n) is 6.87. The molecule has 1 aliphatic heterocycles. The van der Waals surface area contributed by atoms with Gasteiger partial charge in [-0.15, -0.1) is 0 Å². The number of carbonyl (C=O) groups is 1. The van der Waals surface area contributed by atoms with Gasteiger partial charge in [-0.3, -0.25) is 9.69 Å². The van der Waals surface area contributed by atoms with Crippen molar-refractivity contribution in [3.63, 3.8) is 0 Å². The first kappa shape index (κ1) is 17.0. The van der Waals surface area contributed by atoms with Crippen molar-refractivity contribution in [1.82, 2.24) is 4.90 Å². The zero-order valence-corrected chi connectivity index (χ0v) is 15.5. The number of carbonyl (C=O) groups excluding carboxylic acids is 1. The Bertz CT molecular complexity index is 700. The van der Waals surface area contributed by atoms with Crippen molar-refractivity contribution >= 4 is 5.78 Å². The Morgan fingerprint density at radius 3 is 2.88 bits per heavy atom. The van der Waals surface area contributed by atoms with E-state index >= 15 is 0 Å². The summed E-state index contributed by atoms with van der Waals surface area (Å²) in [6, 6.07) is 6.10. The summed E-state index contributed by atoms with van der Waals surface area (Å²) >= 11 is 0. The molecule has 0 radical (unpaired) electrons. The van der Waals surface area contributed by atoms with Gasteiger partial charge in [0, 0.05) is 43.5 Å². The van der Waals surface area contributed by atoms with Crippen molar-refractivity contribution in [3.8, 4) is 5.75 Å². The third-order valence-corrected chi connectivity index (χ3v) is 6.87. The summed E-state index contributed by atoms with van der Waals surface area (Å²) in [5.74, 6) is 1.24. The quantitative estimate of drug-likeness (QED) is 0.916. The number of phenolic OH excluding ortho intramolecular Hbond substituents is 1. The van der Waals surface area contributed by atoms with Gasteiger partial charge in [-0.25, -0.2) is 0 Å². The zero-order chi connectivity index (χ0) is 17.8. The topological polar surface area (TPSA) is 49.8 Å². The molecule has 1 saturated carbocycles. The van der Waals surface area contributed by atoms with E-state index in [1.54, 1.807) is 13.2 Å². The molecule has 1 aromatic carbocycles. The van der Waals surface area contributed by atoms with Crippen LogP contribution in [0.25, 0.3) is 0 Å². The molecular weight excluding hydrogens is 314 g/mol. The second kappa shape index (κ2) is 5.82. The highest BCUT2D eigenvalue weighted by molar-refractivity contribution is 5.83. The van der Waals surface area contributed by atoms with E-state index < -0.39 is 0 Å². The number of ketones is 1. The molecule has 1 heterocycles. The lowest BCUT2D eigenvalue weighted by Gasteiger charge is -2.65. The van der Waals surface area contributed by atoms with Crippen molar-refractivity contribution < 1.29 is 14.6 Å². The van der Waals surface area contributed by atoms with Gasteiger partial charge in [0.2, 0.25) is 0 Å². The van der Waals surface area contributed by atoms with Gasteiger partial charge in [0.05, 0.1) is 5.60 Å². The van der Waals surface area contributed by atoms with Crippen LogP contribution in [-0.4, -0.2) is 47.6 Å². The second-order valence-corrected chi connectivity index (χ2v) is 8.56. The maximum Gasteiger partial charge on any atom is 0.134 e. The molecule has 0 spiro atoms. The largest absolute Gasteiger partial charge is 0.508 e. The fourth-order valence-electron chi connectivity index (χ4n) is 6.07. The Morgan fingerprint density at radius 2 is 2.16 bits per heavy atom. The summed E-state index contributed by atoms with van der Waals surface area (Å²) in [4.78, 5) is 15.1. The van der Waals surface area contributed by atoms with E-state index in [1.807, 2.05) is 6.07 Å². The Labute approximate surface area is 150 Å². The molecule has 136 valence electrons. The number of fused-ring (bicyclic) bond motifs is 1. The summed E-state index contributed by atoms with van der Waals surface area (Å²) < 4.78 is 6.31. The molecule has 4 nitrogen and oxygen atoms in total. The van der Waals surface area contributed by atoms with Gasteiger partial charge in [0.1, 0.15) is 11.5 Å². The third kappa shape index (κ3) is 2.23. The lowest BCUT2D eigenvalue weighted by molar-refractivity contribution is -0.188. The van der Waals surface area contributed by atoms with Crippen LogP contribution in [0.4, 0.5) is 0 Å². The molecule has 2 bridgehead atoms. The van der Waals surface area contributed by atoms with Crippen molar-refractivity contribution in [2.75, 3.05) is 20.2 Å². The van der Waals surface area contributed by atoms with E-state index in [4.69, 9.17) is 4.74 Å². The fourth-order valence-corrected chi connectivity index (χ4v) is 6.07. The van der Waals surface area contributed by atoms with Gasteiger partial charge in [0.15, 0.2) is 0 Å². The average Bonchev–Trinajstić information content (AvgIpc) is 2.56.